The lowest BCUT2D eigenvalue weighted by Gasteiger charge is -2.58. The summed E-state index contributed by atoms with van der Waals surface area (Å²) in [4.78, 5) is 5.32. The molecule has 2 fully saturated rings. The van der Waals surface area contributed by atoms with Crippen molar-refractivity contribution in [2.24, 2.45) is 5.92 Å². The Bertz CT molecular complexity index is 642. The molecule has 144 valence electrons. The Hall–Kier alpha value is -1.10. The minimum absolute atomic E-state index is 0.209. The molecule has 0 spiro atoms. The highest BCUT2D eigenvalue weighted by atomic mass is 16.5. The second kappa shape index (κ2) is 7.14. The van der Waals surface area contributed by atoms with Gasteiger partial charge in [0.05, 0.1) is 7.11 Å². The number of likely N-dealkylation sites (tertiary alicyclic amines) is 1. The number of benzene rings is 1. The summed E-state index contributed by atoms with van der Waals surface area (Å²) in [7, 11) is 6.48. The first-order valence-electron chi connectivity index (χ1n) is 10.3. The van der Waals surface area contributed by atoms with Gasteiger partial charge in [0.2, 0.25) is 0 Å². The summed E-state index contributed by atoms with van der Waals surface area (Å²) < 4.78 is 5.57. The number of methoxy groups -OCH3 is 1. The van der Waals surface area contributed by atoms with Crippen LogP contribution in [0.3, 0.4) is 0 Å². The van der Waals surface area contributed by atoms with Crippen LogP contribution in [-0.4, -0.2) is 69.3 Å². The van der Waals surface area contributed by atoms with Gasteiger partial charge in [-0.3, -0.25) is 0 Å². The SMILES string of the molecule is COc1ccc2c(c1)C1(C)CCN(C)[C@H](C2)[C@@H]1N(C)CC1CCNCC1. The molecule has 1 N–H and O–H groups in total. The molecular formula is C22H35N3O. The van der Waals surface area contributed by atoms with Gasteiger partial charge in [0.1, 0.15) is 5.75 Å². The molecule has 0 amide bonds. The number of fused-ring (bicyclic) bond motifs is 4. The lowest BCUT2D eigenvalue weighted by atomic mass is 9.61. The molecule has 1 aliphatic carbocycles. The van der Waals surface area contributed by atoms with Gasteiger partial charge in [-0.15, -0.1) is 0 Å². The molecule has 4 nitrogen and oxygen atoms in total. The first kappa shape index (κ1) is 18.3. The molecule has 26 heavy (non-hydrogen) atoms. The molecule has 2 saturated heterocycles. The van der Waals surface area contributed by atoms with Crippen LogP contribution in [0.5, 0.6) is 5.75 Å². The van der Waals surface area contributed by atoms with Gasteiger partial charge in [-0.1, -0.05) is 13.0 Å². The normalized spacial score (nSPS) is 32.5. The van der Waals surface area contributed by atoms with E-state index in [0.29, 0.717) is 12.1 Å². The second-order valence-corrected chi connectivity index (χ2v) is 9.02. The molecule has 2 bridgehead atoms. The van der Waals surface area contributed by atoms with Crippen LogP contribution < -0.4 is 10.1 Å². The third-order valence-electron chi connectivity index (χ3n) is 7.41. The van der Waals surface area contributed by atoms with Crippen LogP contribution >= 0.6 is 0 Å². The van der Waals surface area contributed by atoms with Crippen molar-refractivity contribution in [3.63, 3.8) is 0 Å². The summed E-state index contributed by atoms with van der Waals surface area (Å²) in [6.45, 7) is 7.29. The van der Waals surface area contributed by atoms with Crippen molar-refractivity contribution >= 4 is 0 Å². The summed E-state index contributed by atoms with van der Waals surface area (Å²) >= 11 is 0. The Morgan fingerprint density at radius 2 is 2.08 bits per heavy atom. The van der Waals surface area contributed by atoms with Crippen molar-refractivity contribution in [2.45, 2.75) is 50.1 Å². The van der Waals surface area contributed by atoms with Gasteiger partial charge in [-0.25, -0.2) is 0 Å². The molecule has 1 aromatic rings. The first-order chi connectivity index (χ1) is 12.5. The lowest BCUT2D eigenvalue weighted by molar-refractivity contribution is -0.00510. The van der Waals surface area contributed by atoms with Crippen LogP contribution in [0.4, 0.5) is 0 Å². The molecule has 1 aromatic carbocycles. The van der Waals surface area contributed by atoms with Gasteiger partial charge >= 0.3 is 0 Å². The van der Waals surface area contributed by atoms with Gasteiger partial charge in [-0.2, -0.15) is 0 Å². The maximum atomic E-state index is 5.57. The zero-order valence-corrected chi connectivity index (χ0v) is 16.9. The van der Waals surface area contributed by atoms with E-state index in [0.717, 1.165) is 18.1 Å². The topological polar surface area (TPSA) is 27.7 Å². The maximum absolute atomic E-state index is 5.57. The van der Waals surface area contributed by atoms with Crippen LogP contribution in [0.1, 0.15) is 37.3 Å². The fourth-order valence-electron chi connectivity index (χ4n) is 5.93. The quantitative estimate of drug-likeness (QED) is 0.896. The number of piperidine rings is 2. The van der Waals surface area contributed by atoms with Crippen LogP contribution in [0.2, 0.25) is 0 Å². The Balaban J connectivity index is 1.66. The number of hydrogen-bond donors (Lipinski definition) is 1. The molecule has 1 unspecified atom stereocenters. The van der Waals surface area contributed by atoms with E-state index in [1.165, 1.54) is 56.6 Å². The maximum Gasteiger partial charge on any atom is 0.119 e. The Labute approximate surface area is 158 Å². The van der Waals surface area contributed by atoms with Gasteiger partial charge in [-0.05, 0) is 88.6 Å². The van der Waals surface area contributed by atoms with Crippen molar-refractivity contribution in [2.75, 3.05) is 47.4 Å². The van der Waals surface area contributed by atoms with E-state index < -0.39 is 0 Å². The highest BCUT2D eigenvalue weighted by Crippen LogP contribution is 2.47. The molecule has 4 heteroatoms. The highest BCUT2D eigenvalue weighted by molar-refractivity contribution is 5.45. The van der Waals surface area contributed by atoms with Gasteiger partial charge in [0.15, 0.2) is 0 Å². The number of ether oxygens (including phenoxy) is 1. The monoisotopic (exact) mass is 357 g/mol. The Morgan fingerprint density at radius 1 is 1.31 bits per heavy atom. The first-order valence-corrected chi connectivity index (χ1v) is 10.3. The van der Waals surface area contributed by atoms with Crippen molar-refractivity contribution < 1.29 is 4.74 Å². The summed E-state index contributed by atoms with van der Waals surface area (Å²) in [6.07, 6.45) is 5.02. The molecule has 2 heterocycles. The van der Waals surface area contributed by atoms with Crippen molar-refractivity contribution in [1.82, 2.24) is 15.1 Å². The predicted molar refractivity (Wildman–Crippen MR) is 107 cm³/mol. The zero-order valence-electron chi connectivity index (χ0n) is 16.9. The van der Waals surface area contributed by atoms with E-state index in [-0.39, 0.29) is 5.41 Å². The Kier molecular flexibility index (Phi) is 5.02. The van der Waals surface area contributed by atoms with E-state index >= 15 is 0 Å². The summed E-state index contributed by atoms with van der Waals surface area (Å²) in [5.74, 6) is 1.84. The number of rotatable bonds is 4. The highest BCUT2D eigenvalue weighted by Gasteiger charge is 2.51. The van der Waals surface area contributed by atoms with E-state index in [1.54, 1.807) is 7.11 Å². The van der Waals surface area contributed by atoms with Crippen LogP contribution in [0, 0.1) is 5.92 Å². The standard InChI is InChI=1S/C22H35N3O/c1-22-9-12-24(2)20(13-17-5-6-18(26-4)14-19(17)22)21(22)25(3)15-16-7-10-23-11-8-16/h5-6,14,16,20-21,23H,7-13,15H2,1-4H3/t20-,21+,22?/m1/s1. The summed E-state index contributed by atoms with van der Waals surface area (Å²) in [6, 6.07) is 7.96. The average Bonchev–Trinajstić information content (AvgIpc) is 2.65. The fraction of sp³-hybridized carbons (Fsp3) is 0.727. The number of nitrogens with one attached hydrogen (secondary N) is 1. The molecule has 4 rings (SSSR count). The molecule has 3 atom stereocenters. The fourth-order valence-corrected chi connectivity index (χ4v) is 5.93. The third kappa shape index (κ3) is 3.06. The third-order valence-corrected chi connectivity index (χ3v) is 7.41. The van der Waals surface area contributed by atoms with Crippen molar-refractivity contribution in [3.05, 3.63) is 29.3 Å². The second-order valence-electron chi connectivity index (χ2n) is 9.02. The molecule has 3 aliphatic rings. The van der Waals surface area contributed by atoms with Crippen molar-refractivity contribution in [3.8, 4) is 5.75 Å². The number of hydrogen-bond acceptors (Lipinski definition) is 4. The molecule has 0 saturated carbocycles. The van der Waals surface area contributed by atoms with E-state index in [4.69, 9.17) is 4.74 Å². The molecule has 0 aromatic heterocycles. The van der Waals surface area contributed by atoms with Gasteiger partial charge < -0.3 is 19.9 Å². The largest absolute Gasteiger partial charge is 0.497 e. The average molecular weight is 358 g/mol. The van der Waals surface area contributed by atoms with E-state index in [1.807, 2.05) is 0 Å². The predicted octanol–water partition coefficient (Wildman–Crippen LogP) is 2.51. The lowest BCUT2D eigenvalue weighted by Crippen LogP contribution is -2.66. The van der Waals surface area contributed by atoms with E-state index in [9.17, 15) is 0 Å². The minimum atomic E-state index is 0.209. The van der Waals surface area contributed by atoms with Crippen LogP contribution in [0.15, 0.2) is 18.2 Å². The smallest absolute Gasteiger partial charge is 0.119 e. The van der Waals surface area contributed by atoms with Crippen LogP contribution in [-0.2, 0) is 11.8 Å². The van der Waals surface area contributed by atoms with Gasteiger partial charge in [0.25, 0.3) is 0 Å². The molecule has 2 aliphatic heterocycles. The number of likely N-dealkylation sites (N-methyl/N-ethyl adjacent to an activating group) is 2. The van der Waals surface area contributed by atoms with Crippen molar-refractivity contribution in [1.29, 1.82) is 0 Å². The molecular weight excluding hydrogens is 322 g/mol. The summed E-state index contributed by atoms with van der Waals surface area (Å²) in [5.41, 5.74) is 3.26. The van der Waals surface area contributed by atoms with E-state index in [2.05, 4.69) is 54.3 Å². The van der Waals surface area contributed by atoms with Gasteiger partial charge in [0, 0.05) is 24.0 Å². The number of nitrogens with zero attached hydrogens (tertiary/aromatic N) is 2. The zero-order chi connectivity index (χ0) is 18.3. The minimum Gasteiger partial charge on any atom is -0.497 e. The molecule has 0 radical (unpaired) electrons. The Morgan fingerprint density at radius 3 is 2.81 bits per heavy atom. The van der Waals surface area contributed by atoms with Crippen LogP contribution in [0.25, 0.3) is 0 Å². The summed E-state index contributed by atoms with van der Waals surface area (Å²) in [5, 5.41) is 3.51.